The molecular formula is C17H24N2O4. The van der Waals surface area contributed by atoms with E-state index in [0.29, 0.717) is 26.2 Å². The first-order valence-corrected chi connectivity index (χ1v) is 8.21. The molecule has 2 aliphatic heterocycles. The highest BCUT2D eigenvalue weighted by atomic mass is 16.5. The van der Waals surface area contributed by atoms with Gasteiger partial charge in [-0.1, -0.05) is 6.07 Å². The average Bonchev–Trinajstić information content (AvgIpc) is 2.98. The summed E-state index contributed by atoms with van der Waals surface area (Å²) < 4.78 is 17.0. The van der Waals surface area contributed by atoms with Gasteiger partial charge < -0.3 is 19.1 Å². The van der Waals surface area contributed by atoms with Gasteiger partial charge in [-0.2, -0.15) is 0 Å². The fourth-order valence-electron chi connectivity index (χ4n) is 3.35. The van der Waals surface area contributed by atoms with E-state index in [1.54, 1.807) is 13.3 Å². The lowest BCUT2D eigenvalue weighted by Gasteiger charge is -2.32. The highest BCUT2D eigenvalue weighted by molar-refractivity contribution is 5.77. The summed E-state index contributed by atoms with van der Waals surface area (Å²) in [4.78, 5) is 18.6. The number of carbonyl (C=O) groups is 1. The molecule has 23 heavy (non-hydrogen) atoms. The number of hydrogen-bond acceptors (Lipinski definition) is 5. The Morgan fingerprint density at radius 3 is 3.17 bits per heavy atom. The van der Waals surface area contributed by atoms with E-state index >= 15 is 0 Å². The molecule has 1 amide bonds. The standard InChI is InChI=1S/C17H24N2O4/c1-21-10-7-16(20)19-11-15(17-14(19)6-4-9-22-17)23-12-13-5-2-3-8-18-13/h2-3,5,8,14-15,17H,4,6-7,9-12H2,1H3/t14-,15+,17+/m1/s1. The molecule has 1 aromatic heterocycles. The van der Waals surface area contributed by atoms with Crippen LogP contribution >= 0.6 is 0 Å². The van der Waals surface area contributed by atoms with Crippen LogP contribution in [0.25, 0.3) is 0 Å². The molecule has 0 aliphatic carbocycles. The minimum Gasteiger partial charge on any atom is -0.384 e. The molecule has 0 unspecified atom stereocenters. The van der Waals surface area contributed by atoms with Gasteiger partial charge in [0.1, 0.15) is 12.2 Å². The van der Waals surface area contributed by atoms with Crippen molar-refractivity contribution in [3.8, 4) is 0 Å². The highest BCUT2D eigenvalue weighted by Crippen LogP contribution is 2.31. The van der Waals surface area contributed by atoms with Gasteiger partial charge in [0.15, 0.2) is 0 Å². The molecule has 6 heteroatoms. The number of nitrogens with zero attached hydrogens (tertiary/aromatic N) is 2. The molecule has 3 rings (SSSR count). The summed E-state index contributed by atoms with van der Waals surface area (Å²) in [6.45, 7) is 2.22. The van der Waals surface area contributed by atoms with Crippen molar-refractivity contribution in [1.29, 1.82) is 0 Å². The third kappa shape index (κ3) is 3.88. The Balaban J connectivity index is 1.62. The summed E-state index contributed by atoms with van der Waals surface area (Å²) in [6, 6.07) is 5.90. The number of ether oxygens (including phenoxy) is 3. The molecule has 2 aliphatic rings. The number of hydrogen-bond donors (Lipinski definition) is 0. The van der Waals surface area contributed by atoms with Crippen LogP contribution < -0.4 is 0 Å². The quantitative estimate of drug-likeness (QED) is 0.793. The Morgan fingerprint density at radius 1 is 1.48 bits per heavy atom. The van der Waals surface area contributed by atoms with Crippen LogP contribution in [0.1, 0.15) is 25.0 Å². The van der Waals surface area contributed by atoms with E-state index in [-0.39, 0.29) is 24.2 Å². The van der Waals surface area contributed by atoms with Crippen molar-refractivity contribution in [1.82, 2.24) is 9.88 Å². The smallest absolute Gasteiger partial charge is 0.225 e. The summed E-state index contributed by atoms with van der Waals surface area (Å²) >= 11 is 0. The summed E-state index contributed by atoms with van der Waals surface area (Å²) in [5.41, 5.74) is 0.893. The van der Waals surface area contributed by atoms with Gasteiger partial charge in [0.05, 0.1) is 31.4 Å². The first-order valence-electron chi connectivity index (χ1n) is 8.21. The average molecular weight is 320 g/mol. The molecule has 2 saturated heterocycles. The molecule has 2 fully saturated rings. The number of amides is 1. The molecule has 3 atom stereocenters. The van der Waals surface area contributed by atoms with Gasteiger partial charge in [-0.3, -0.25) is 9.78 Å². The second-order valence-electron chi connectivity index (χ2n) is 6.00. The lowest BCUT2D eigenvalue weighted by molar-refractivity contribution is -0.135. The minimum absolute atomic E-state index is 0.0287. The summed E-state index contributed by atoms with van der Waals surface area (Å²) in [5, 5.41) is 0. The molecule has 0 aromatic carbocycles. The van der Waals surface area contributed by atoms with Crippen LogP contribution in [-0.4, -0.2) is 60.9 Å². The Bertz CT molecular complexity index is 511. The maximum absolute atomic E-state index is 12.4. The lowest BCUT2D eigenvalue weighted by atomic mass is 10.0. The van der Waals surface area contributed by atoms with Gasteiger partial charge in [0, 0.05) is 26.5 Å². The topological polar surface area (TPSA) is 60.9 Å². The molecule has 126 valence electrons. The third-order valence-electron chi connectivity index (χ3n) is 4.49. The first-order chi connectivity index (χ1) is 11.3. The van der Waals surface area contributed by atoms with Gasteiger partial charge in [-0.05, 0) is 25.0 Å². The first kappa shape index (κ1) is 16.4. The van der Waals surface area contributed by atoms with Gasteiger partial charge >= 0.3 is 0 Å². The van der Waals surface area contributed by atoms with Crippen molar-refractivity contribution in [2.45, 2.75) is 44.1 Å². The Kier molecular flexibility index (Phi) is 5.59. The van der Waals surface area contributed by atoms with Crippen molar-refractivity contribution in [2.75, 3.05) is 26.9 Å². The zero-order chi connectivity index (χ0) is 16.1. The number of likely N-dealkylation sites (tertiary alicyclic amines) is 1. The van der Waals surface area contributed by atoms with E-state index in [9.17, 15) is 4.79 Å². The van der Waals surface area contributed by atoms with Crippen LogP contribution in [0.5, 0.6) is 0 Å². The zero-order valence-electron chi connectivity index (χ0n) is 13.5. The fraction of sp³-hybridized carbons (Fsp3) is 0.647. The number of methoxy groups -OCH3 is 1. The number of aromatic nitrogens is 1. The maximum Gasteiger partial charge on any atom is 0.225 e. The van der Waals surface area contributed by atoms with E-state index in [1.807, 2.05) is 23.1 Å². The lowest BCUT2D eigenvalue weighted by Crippen LogP contribution is -2.44. The van der Waals surface area contributed by atoms with E-state index in [4.69, 9.17) is 14.2 Å². The van der Waals surface area contributed by atoms with Crippen molar-refractivity contribution in [3.63, 3.8) is 0 Å². The summed E-state index contributed by atoms with van der Waals surface area (Å²) in [7, 11) is 1.61. The summed E-state index contributed by atoms with van der Waals surface area (Å²) in [6.07, 6.45) is 4.02. The number of pyridine rings is 1. The van der Waals surface area contributed by atoms with Gasteiger partial charge in [-0.15, -0.1) is 0 Å². The van der Waals surface area contributed by atoms with Crippen molar-refractivity contribution in [3.05, 3.63) is 30.1 Å². The molecular weight excluding hydrogens is 296 g/mol. The molecule has 0 saturated carbocycles. The van der Waals surface area contributed by atoms with Crippen molar-refractivity contribution < 1.29 is 19.0 Å². The number of carbonyl (C=O) groups excluding carboxylic acids is 1. The molecule has 0 spiro atoms. The van der Waals surface area contributed by atoms with Crippen LogP contribution in [0.4, 0.5) is 0 Å². The van der Waals surface area contributed by atoms with Gasteiger partial charge in [0.2, 0.25) is 5.91 Å². The van der Waals surface area contributed by atoms with E-state index in [1.165, 1.54) is 0 Å². The SMILES string of the molecule is COCCC(=O)N1C[C@H](OCc2ccccn2)[C@H]2OCCC[C@H]21. The fourth-order valence-corrected chi connectivity index (χ4v) is 3.35. The zero-order valence-corrected chi connectivity index (χ0v) is 13.5. The molecule has 3 heterocycles. The Hall–Kier alpha value is -1.50. The van der Waals surface area contributed by atoms with Gasteiger partial charge in [0.25, 0.3) is 0 Å². The van der Waals surface area contributed by atoms with Crippen LogP contribution in [-0.2, 0) is 25.6 Å². The van der Waals surface area contributed by atoms with E-state index in [2.05, 4.69) is 4.98 Å². The third-order valence-corrected chi connectivity index (χ3v) is 4.49. The largest absolute Gasteiger partial charge is 0.384 e. The summed E-state index contributed by atoms with van der Waals surface area (Å²) in [5.74, 6) is 0.122. The second-order valence-corrected chi connectivity index (χ2v) is 6.00. The molecule has 0 N–H and O–H groups in total. The van der Waals surface area contributed by atoms with Crippen LogP contribution in [0.3, 0.4) is 0 Å². The predicted molar refractivity (Wildman–Crippen MR) is 83.8 cm³/mol. The molecule has 0 radical (unpaired) electrons. The number of fused-ring (bicyclic) bond motifs is 1. The Labute approximate surface area is 136 Å². The monoisotopic (exact) mass is 320 g/mol. The van der Waals surface area contributed by atoms with Gasteiger partial charge in [-0.25, -0.2) is 0 Å². The minimum atomic E-state index is -0.0891. The molecule has 0 bridgehead atoms. The Morgan fingerprint density at radius 2 is 2.39 bits per heavy atom. The predicted octanol–water partition coefficient (Wildman–Crippen LogP) is 1.39. The normalized spacial score (nSPS) is 27.0. The molecule has 1 aromatic rings. The van der Waals surface area contributed by atoms with E-state index < -0.39 is 0 Å². The van der Waals surface area contributed by atoms with E-state index in [0.717, 1.165) is 25.1 Å². The number of rotatable bonds is 6. The van der Waals surface area contributed by atoms with Crippen LogP contribution in [0, 0.1) is 0 Å². The van der Waals surface area contributed by atoms with Crippen molar-refractivity contribution in [2.24, 2.45) is 0 Å². The highest BCUT2D eigenvalue weighted by Gasteiger charge is 2.46. The molecule has 6 nitrogen and oxygen atoms in total. The van der Waals surface area contributed by atoms with Crippen LogP contribution in [0.15, 0.2) is 24.4 Å². The van der Waals surface area contributed by atoms with Crippen molar-refractivity contribution >= 4 is 5.91 Å². The second kappa shape index (κ2) is 7.86. The maximum atomic E-state index is 12.4. The van der Waals surface area contributed by atoms with Crippen LogP contribution in [0.2, 0.25) is 0 Å².